The summed E-state index contributed by atoms with van der Waals surface area (Å²) in [6.45, 7) is 3.51. The molecule has 7 heteroatoms. The van der Waals surface area contributed by atoms with Gasteiger partial charge in [-0.3, -0.25) is 4.99 Å². The molecule has 1 aromatic carbocycles. The molecule has 3 unspecified atom stereocenters. The minimum Gasteiger partial charge on any atom is -0.375 e. The molecule has 2 bridgehead atoms. The number of ether oxygens (including phenoxy) is 1. The summed E-state index contributed by atoms with van der Waals surface area (Å²) in [6.07, 6.45) is 6.30. The summed E-state index contributed by atoms with van der Waals surface area (Å²) in [5, 5.41) is 7.80. The van der Waals surface area contributed by atoms with E-state index in [1.807, 2.05) is 24.3 Å². The first kappa shape index (κ1) is 23.7. The zero-order valence-corrected chi connectivity index (χ0v) is 20.2. The minimum absolute atomic E-state index is 0. The fourth-order valence-corrected chi connectivity index (χ4v) is 4.64. The second kappa shape index (κ2) is 11.6. The second-order valence-corrected chi connectivity index (χ2v) is 8.15. The fourth-order valence-electron chi connectivity index (χ4n) is 4.44. The third-order valence-corrected chi connectivity index (χ3v) is 6.18. The SMILES string of the molecule is CCNC(=NCC(OC)c1cccc(Cl)c1)NC1CC2CCCC(C1)N2C.I. The Morgan fingerprint density at radius 3 is 2.64 bits per heavy atom. The molecule has 2 aliphatic rings. The Bertz CT molecular complexity index is 631. The lowest BCUT2D eigenvalue weighted by Crippen LogP contribution is -2.56. The standard InChI is InChI=1S/C21H33ClN4O.HI/c1-4-23-21(24-14-20(27-3)15-7-5-8-16(22)11-15)25-17-12-18-9-6-10-19(13-17)26(18)2;/h5,7-8,11,17-20H,4,6,9-10,12-14H2,1-3H3,(H2,23,24,25);1H. The van der Waals surface area contributed by atoms with Crippen LogP contribution in [0.25, 0.3) is 0 Å². The van der Waals surface area contributed by atoms with E-state index < -0.39 is 0 Å². The van der Waals surface area contributed by atoms with Crippen LogP contribution in [0, 0.1) is 0 Å². The molecule has 2 N–H and O–H groups in total. The van der Waals surface area contributed by atoms with Crippen LogP contribution in [-0.2, 0) is 4.74 Å². The van der Waals surface area contributed by atoms with E-state index in [-0.39, 0.29) is 30.1 Å². The number of aliphatic imine (C=N–C) groups is 1. The lowest BCUT2D eigenvalue weighted by molar-refractivity contribution is 0.0526. The smallest absolute Gasteiger partial charge is 0.191 e. The number of piperidine rings is 2. The van der Waals surface area contributed by atoms with E-state index in [1.54, 1.807) is 7.11 Å². The van der Waals surface area contributed by atoms with Gasteiger partial charge in [-0.1, -0.05) is 30.2 Å². The normalized spacial score (nSPS) is 26.3. The van der Waals surface area contributed by atoms with Gasteiger partial charge in [0.1, 0.15) is 6.10 Å². The highest BCUT2D eigenvalue weighted by Gasteiger charge is 2.36. The molecule has 2 saturated heterocycles. The Labute approximate surface area is 191 Å². The third kappa shape index (κ3) is 6.21. The molecule has 0 aliphatic carbocycles. The van der Waals surface area contributed by atoms with Gasteiger partial charge in [-0.15, -0.1) is 24.0 Å². The van der Waals surface area contributed by atoms with E-state index in [9.17, 15) is 0 Å². The number of rotatable bonds is 6. The zero-order valence-electron chi connectivity index (χ0n) is 17.2. The first-order valence-corrected chi connectivity index (χ1v) is 10.5. The van der Waals surface area contributed by atoms with E-state index in [0.717, 1.165) is 23.1 Å². The highest BCUT2D eigenvalue weighted by Crippen LogP contribution is 2.32. The molecule has 5 nitrogen and oxygen atoms in total. The van der Waals surface area contributed by atoms with Crippen LogP contribution in [0.3, 0.4) is 0 Å². The number of hydrogen-bond acceptors (Lipinski definition) is 3. The van der Waals surface area contributed by atoms with Crippen molar-refractivity contribution in [1.82, 2.24) is 15.5 Å². The summed E-state index contributed by atoms with van der Waals surface area (Å²) in [5.74, 6) is 0.884. The van der Waals surface area contributed by atoms with Gasteiger partial charge in [-0.2, -0.15) is 0 Å². The van der Waals surface area contributed by atoms with Crippen molar-refractivity contribution in [2.24, 2.45) is 4.99 Å². The first-order valence-electron chi connectivity index (χ1n) is 10.2. The van der Waals surface area contributed by atoms with Crippen molar-refractivity contribution >= 4 is 41.5 Å². The van der Waals surface area contributed by atoms with E-state index in [4.69, 9.17) is 21.3 Å². The van der Waals surface area contributed by atoms with Crippen LogP contribution in [0.5, 0.6) is 0 Å². The number of methoxy groups -OCH3 is 1. The van der Waals surface area contributed by atoms with Gasteiger partial charge in [0.2, 0.25) is 0 Å². The fraction of sp³-hybridized carbons (Fsp3) is 0.667. The largest absolute Gasteiger partial charge is 0.375 e. The van der Waals surface area contributed by atoms with Crippen LogP contribution in [0.4, 0.5) is 0 Å². The highest BCUT2D eigenvalue weighted by molar-refractivity contribution is 14.0. The van der Waals surface area contributed by atoms with Crippen LogP contribution in [0.15, 0.2) is 29.3 Å². The van der Waals surface area contributed by atoms with Crippen molar-refractivity contribution in [2.75, 3.05) is 27.2 Å². The molecular weight excluding hydrogens is 487 g/mol. The molecule has 0 amide bonds. The number of benzene rings is 1. The summed E-state index contributed by atoms with van der Waals surface area (Å²) >= 11 is 6.13. The Hall–Kier alpha value is -0.570. The molecule has 2 aliphatic heterocycles. The van der Waals surface area contributed by atoms with Gasteiger partial charge in [0.25, 0.3) is 0 Å². The van der Waals surface area contributed by atoms with Crippen molar-refractivity contribution in [1.29, 1.82) is 0 Å². The van der Waals surface area contributed by atoms with Crippen LogP contribution in [0.1, 0.15) is 50.7 Å². The van der Waals surface area contributed by atoms with Crippen LogP contribution >= 0.6 is 35.6 Å². The van der Waals surface area contributed by atoms with Crippen LogP contribution in [-0.4, -0.2) is 56.2 Å². The van der Waals surface area contributed by atoms with Crippen molar-refractivity contribution in [3.63, 3.8) is 0 Å². The quantitative estimate of drug-likeness (QED) is 0.335. The summed E-state index contributed by atoms with van der Waals surface area (Å²) in [5.41, 5.74) is 1.05. The molecule has 158 valence electrons. The number of halogens is 2. The van der Waals surface area contributed by atoms with E-state index >= 15 is 0 Å². The van der Waals surface area contributed by atoms with Gasteiger partial charge in [0.05, 0.1) is 6.54 Å². The molecule has 3 atom stereocenters. The monoisotopic (exact) mass is 520 g/mol. The van der Waals surface area contributed by atoms with Gasteiger partial charge in [-0.05, 0) is 57.4 Å². The Kier molecular flexibility index (Phi) is 9.80. The predicted octanol–water partition coefficient (Wildman–Crippen LogP) is 4.22. The first-order chi connectivity index (χ1) is 13.1. The molecule has 0 aromatic heterocycles. The summed E-state index contributed by atoms with van der Waals surface area (Å²) < 4.78 is 5.66. The average molecular weight is 521 g/mol. The summed E-state index contributed by atoms with van der Waals surface area (Å²) in [7, 11) is 4.01. The molecule has 0 radical (unpaired) electrons. The molecular formula is C21H34ClIN4O. The Balaban J connectivity index is 0.00000280. The van der Waals surface area contributed by atoms with Gasteiger partial charge in [0.15, 0.2) is 5.96 Å². The van der Waals surface area contributed by atoms with Crippen molar-refractivity contribution in [2.45, 2.75) is 63.3 Å². The number of nitrogens with one attached hydrogen (secondary N) is 2. The van der Waals surface area contributed by atoms with E-state index in [2.05, 4.69) is 29.5 Å². The highest BCUT2D eigenvalue weighted by atomic mass is 127. The van der Waals surface area contributed by atoms with E-state index in [0.29, 0.717) is 24.7 Å². The third-order valence-electron chi connectivity index (χ3n) is 5.95. The maximum absolute atomic E-state index is 6.13. The van der Waals surface area contributed by atoms with Crippen molar-refractivity contribution in [3.8, 4) is 0 Å². The lowest BCUT2D eigenvalue weighted by Gasteiger charge is -2.47. The van der Waals surface area contributed by atoms with Gasteiger partial charge < -0.3 is 20.3 Å². The summed E-state index contributed by atoms with van der Waals surface area (Å²) in [4.78, 5) is 7.40. The van der Waals surface area contributed by atoms with Crippen LogP contribution in [0.2, 0.25) is 5.02 Å². The predicted molar refractivity (Wildman–Crippen MR) is 128 cm³/mol. The number of nitrogens with zero attached hydrogens (tertiary/aromatic N) is 2. The number of hydrogen-bond donors (Lipinski definition) is 2. The second-order valence-electron chi connectivity index (χ2n) is 7.72. The molecule has 2 heterocycles. The minimum atomic E-state index is -0.101. The van der Waals surface area contributed by atoms with E-state index in [1.165, 1.54) is 32.1 Å². The summed E-state index contributed by atoms with van der Waals surface area (Å²) in [6, 6.07) is 9.71. The number of fused-ring (bicyclic) bond motifs is 2. The molecule has 0 saturated carbocycles. The molecule has 2 fully saturated rings. The Morgan fingerprint density at radius 2 is 2.04 bits per heavy atom. The topological polar surface area (TPSA) is 48.9 Å². The molecule has 28 heavy (non-hydrogen) atoms. The maximum atomic E-state index is 6.13. The zero-order chi connectivity index (χ0) is 19.2. The van der Waals surface area contributed by atoms with Crippen molar-refractivity contribution < 1.29 is 4.74 Å². The maximum Gasteiger partial charge on any atom is 0.191 e. The van der Waals surface area contributed by atoms with Crippen LogP contribution < -0.4 is 10.6 Å². The molecule has 0 spiro atoms. The number of guanidine groups is 1. The van der Waals surface area contributed by atoms with Gasteiger partial charge in [0, 0.05) is 36.8 Å². The average Bonchev–Trinajstić information content (AvgIpc) is 2.63. The Morgan fingerprint density at radius 1 is 1.32 bits per heavy atom. The molecule has 1 aromatic rings. The lowest BCUT2D eigenvalue weighted by atomic mass is 9.82. The van der Waals surface area contributed by atoms with Gasteiger partial charge >= 0.3 is 0 Å². The molecule has 3 rings (SSSR count). The van der Waals surface area contributed by atoms with Crippen molar-refractivity contribution in [3.05, 3.63) is 34.9 Å². The van der Waals surface area contributed by atoms with Gasteiger partial charge in [-0.25, -0.2) is 0 Å².